The SMILES string of the molecule is COc1cc2c(c(OC)c1OC)Oc1c(OC)ccc3c1C(C2)[N+](C)([O-])CC3. The zero-order valence-corrected chi connectivity index (χ0v) is 16.8. The first-order valence-corrected chi connectivity index (χ1v) is 9.20. The van der Waals surface area contributed by atoms with Crippen LogP contribution in [-0.2, 0) is 12.8 Å². The minimum absolute atomic E-state index is 0.307. The van der Waals surface area contributed by atoms with Gasteiger partial charge in [-0.3, -0.25) is 0 Å². The van der Waals surface area contributed by atoms with Crippen molar-refractivity contribution in [3.05, 3.63) is 40.1 Å². The number of hydrogen-bond acceptors (Lipinski definition) is 6. The van der Waals surface area contributed by atoms with Crippen LogP contribution >= 0.6 is 0 Å². The quantitative estimate of drug-likeness (QED) is 0.590. The summed E-state index contributed by atoms with van der Waals surface area (Å²) in [5.74, 6) is 3.13. The van der Waals surface area contributed by atoms with E-state index in [0.29, 0.717) is 53.9 Å². The summed E-state index contributed by atoms with van der Waals surface area (Å²) in [5, 5.41) is 13.4. The number of benzene rings is 2. The van der Waals surface area contributed by atoms with E-state index in [2.05, 4.69) is 0 Å². The second-order valence-electron chi connectivity index (χ2n) is 7.27. The molecule has 2 unspecified atom stereocenters. The van der Waals surface area contributed by atoms with Gasteiger partial charge < -0.3 is 33.5 Å². The zero-order valence-electron chi connectivity index (χ0n) is 16.8. The maximum atomic E-state index is 13.4. The van der Waals surface area contributed by atoms with Crippen molar-refractivity contribution in [2.75, 3.05) is 42.0 Å². The van der Waals surface area contributed by atoms with Crippen molar-refractivity contribution in [2.24, 2.45) is 0 Å². The molecule has 0 saturated heterocycles. The van der Waals surface area contributed by atoms with Gasteiger partial charge in [0.15, 0.2) is 23.0 Å². The van der Waals surface area contributed by atoms with Crippen molar-refractivity contribution < 1.29 is 28.3 Å². The number of rotatable bonds is 4. The van der Waals surface area contributed by atoms with Gasteiger partial charge in [-0.05, 0) is 17.7 Å². The molecule has 0 N–H and O–H groups in total. The van der Waals surface area contributed by atoms with Gasteiger partial charge in [-0.1, -0.05) is 6.07 Å². The van der Waals surface area contributed by atoms with Crippen molar-refractivity contribution >= 4 is 0 Å². The first-order chi connectivity index (χ1) is 13.4. The van der Waals surface area contributed by atoms with E-state index in [1.807, 2.05) is 18.2 Å². The fraction of sp³-hybridized carbons (Fsp3) is 0.429. The molecule has 0 radical (unpaired) electrons. The lowest BCUT2D eigenvalue weighted by Gasteiger charge is -2.49. The second-order valence-corrected chi connectivity index (χ2v) is 7.27. The summed E-state index contributed by atoms with van der Waals surface area (Å²) in [7, 11) is 8.01. The molecule has 0 fully saturated rings. The molecule has 2 aromatic carbocycles. The Morgan fingerprint density at radius 2 is 1.64 bits per heavy atom. The predicted molar refractivity (Wildman–Crippen MR) is 104 cm³/mol. The normalized spacial score (nSPS) is 22.3. The lowest BCUT2D eigenvalue weighted by Crippen LogP contribution is -2.47. The van der Waals surface area contributed by atoms with Crippen LogP contribution in [0.5, 0.6) is 34.5 Å². The molecule has 0 amide bonds. The van der Waals surface area contributed by atoms with Gasteiger partial charge in [0.25, 0.3) is 0 Å². The molecule has 2 atom stereocenters. The van der Waals surface area contributed by atoms with Crippen LogP contribution in [0.25, 0.3) is 0 Å². The molecule has 0 saturated carbocycles. The van der Waals surface area contributed by atoms with Gasteiger partial charge >= 0.3 is 0 Å². The molecule has 2 aliphatic heterocycles. The van der Waals surface area contributed by atoms with Gasteiger partial charge in [0, 0.05) is 18.4 Å². The topological polar surface area (TPSA) is 69.2 Å². The number of likely N-dealkylation sites (N-methyl/N-ethyl adjacent to an activating group) is 1. The Balaban J connectivity index is 2.02. The summed E-state index contributed by atoms with van der Waals surface area (Å²) in [6.07, 6.45) is 1.20. The number of hydrogen-bond donors (Lipinski definition) is 0. The maximum Gasteiger partial charge on any atom is 0.208 e. The highest BCUT2D eigenvalue weighted by Gasteiger charge is 2.41. The van der Waals surface area contributed by atoms with E-state index in [1.165, 1.54) is 0 Å². The third-order valence-corrected chi connectivity index (χ3v) is 5.77. The Kier molecular flexibility index (Phi) is 4.51. The molecule has 150 valence electrons. The monoisotopic (exact) mass is 387 g/mol. The molecular formula is C21H25NO6. The maximum absolute atomic E-state index is 13.4. The van der Waals surface area contributed by atoms with E-state index in [0.717, 1.165) is 16.7 Å². The van der Waals surface area contributed by atoms with Gasteiger partial charge in [0.1, 0.15) is 6.04 Å². The molecule has 7 nitrogen and oxygen atoms in total. The summed E-state index contributed by atoms with van der Waals surface area (Å²) < 4.78 is 28.2. The van der Waals surface area contributed by atoms with Crippen LogP contribution in [0, 0.1) is 5.21 Å². The standard InChI is InChI=1S/C21H25NO6/c1-22(23)9-8-12-6-7-15(24-2)19-17(12)14(22)10-13-11-16(25-3)20(26-4)21(27-5)18(13)28-19/h6-7,11,14H,8-10H2,1-5H3. The minimum atomic E-state index is -0.368. The number of hydroxylamine groups is 3. The summed E-state index contributed by atoms with van der Waals surface area (Å²) >= 11 is 0. The lowest BCUT2D eigenvalue weighted by molar-refractivity contribution is -0.894. The largest absolute Gasteiger partial charge is 0.633 e. The number of quaternary nitrogens is 1. The third kappa shape index (κ3) is 2.65. The molecule has 0 aliphatic carbocycles. The average molecular weight is 387 g/mol. The Labute approximate surface area is 164 Å². The molecule has 0 spiro atoms. The number of ether oxygens (including phenoxy) is 5. The van der Waals surface area contributed by atoms with Crippen molar-refractivity contribution in [1.29, 1.82) is 0 Å². The van der Waals surface area contributed by atoms with Crippen molar-refractivity contribution in [1.82, 2.24) is 0 Å². The van der Waals surface area contributed by atoms with Crippen molar-refractivity contribution in [2.45, 2.75) is 18.9 Å². The number of nitrogens with zero attached hydrogens (tertiary/aromatic N) is 1. The highest BCUT2D eigenvalue weighted by atomic mass is 16.6. The Morgan fingerprint density at radius 1 is 0.929 bits per heavy atom. The van der Waals surface area contributed by atoms with Gasteiger partial charge in [-0.25, -0.2) is 0 Å². The van der Waals surface area contributed by atoms with Crippen LogP contribution in [0.3, 0.4) is 0 Å². The zero-order chi connectivity index (χ0) is 20.1. The Hall–Kier alpha value is -2.64. The fourth-order valence-electron chi connectivity index (χ4n) is 4.29. The molecule has 2 aliphatic rings. The molecule has 2 heterocycles. The number of fused-ring (bicyclic) bond motifs is 1. The molecule has 0 bridgehead atoms. The van der Waals surface area contributed by atoms with E-state index in [9.17, 15) is 5.21 Å². The highest BCUT2D eigenvalue weighted by molar-refractivity contribution is 5.67. The van der Waals surface area contributed by atoms with Crippen LogP contribution in [0.15, 0.2) is 18.2 Å². The average Bonchev–Trinajstić information content (AvgIpc) is 2.87. The predicted octanol–water partition coefficient (Wildman–Crippen LogP) is 3.61. The van der Waals surface area contributed by atoms with E-state index in [-0.39, 0.29) is 10.7 Å². The summed E-state index contributed by atoms with van der Waals surface area (Å²) in [6.45, 7) is 0.517. The molecule has 2 aromatic rings. The fourth-order valence-corrected chi connectivity index (χ4v) is 4.29. The van der Waals surface area contributed by atoms with E-state index >= 15 is 0 Å². The molecule has 28 heavy (non-hydrogen) atoms. The lowest BCUT2D eigenvalue weighted by atomic mass is 9.88. The van der Waals surface area contributed by atoms with E-state index in [4.69, 9.17) is 23.7 Å². The van der Waals surface area contributed by atoms with Gasteiger partial charge in [-0.2, -0.15) is 0 Å². The van der Waals surface area contributed by atoms with Crippen LogP contribution in [0.1, 0.15) is 22.7 Å². The van der Waals surface area contributed by atoms with Crippen LogP contribution in [0.2, 0.25) is 0 Å². The number of methoxy groups -OCH3 is 4. The summed E-state index contributed by atoms with van der Waals surface area (Å²) in [6, 6.07) is 5.48. The first kappa shape index (κ1) is 18.7. The molecule has 7 heteroatoms. The van der Waals surface area contributed by atoms with Gasteiger partial charge in [0.2, 0.25) is 11.5 Å². The Morgan fingerprint density at radius 3 is 2.29 bits per heavy atom. The van der Waals surface area contributed by atoms with Crippen molar-refractivity contribution in [3.8, 4) is 34.5 Å². The summed E-state index contributed by atoms with van der Waals surface area (Å²) in [5.41, 5.74) is 2.88. The van der Waals surface area contributed by atoms with Gasteiger partial charge in [-0.15, -0.1) is 0 Å². The molecule has 0 aromatic heterocycles. The minimum Gasteiger partial charge on any atom is -0.633 e. The second kappa shape index (κ2) is 6.76. The van der Waals surface area contributed by atoms with E-state index < -0.39 is 0 Å². The van der Waals surface area contributed by atoms with Crippen LogP contribution in [0.4, 0.5) is 0 Å². The smallest absolute Gasteiger partial charge is 0.208 e. The third-order valence-electron chi connectivity index (χ3n) is 5.77. The molecular weight excluding hydrogens is 362 g/mol. The van der Waals surface area contributed by atoms with E-state index in [1.54, 1.807) is 35.5 Å². The highest BCUT2D eigenvalue weighted by Crippen LogP contribution is 2.56. The Bertz CT molecular complexity index is 924. The van der Waals surface area contributed by atoms with Gasteiger partial charge in [0.05, 0.1) is 47.6 Å². The van der Waals surface area contributed by atoms with Crippen LogP contribution < -0.4 is 23.7 Å². The van der Waals surface area contributed by atoms with Crippen LogP contribution in [-0.4, -0.2) is 46.7 Å². The molecule has 4 rings (SSSR count). The summed E-state index contributed by atoms with van der Waals surface area (Å²) in [4.78, 5) is 0. The first-order valence-electron chi connectivity index (χ1n) is 9.20. The van der Waals surface area contributed by atoms with Crippen molar-refractivity contribution in [3.63, 3.8) is 0 Å².